The third kappa shape index (κ3) is 18.7. The van der Waals surface area contributed by atoms with E-state index in [1.807, 2.05) is 0 Å². The SMILES string of the molecule is CC(C)C[C@H](NC(=O)CNC(=O)[C@H](CC(C)C)NC(=O)[C@H](CO)NC(=O)[C@H](CC(C)C)NC(=O)[C@@H]1CCCN1C(=O)[C@H](C)NC(=O)[C@@H](NC(=O)[C@@H](N)CC(=O)O)C(C)C)C(=O)O. The number of amides is 8. The van der Waals surface area contributed by atoms with E-state index < -0.39 is 133 Å². The number of rotatable bonds is 26. The van der Waals surface area contributed by atoms with E-state index >= 15 is 0 Å². The average molecular weight is 884 g/mol. The van der Waals surface area contributed by atoms with Gasteiger partial charge in [-0.1, -0.05) is 55.4 Å². The van der Waals surface area contributed by atoms with Gasteiger partial charge in [0.25, 0.3) is 0 Å². The normalized spacial score (nSPS) is 17.2. The van der Waals surface area contributed by atoms with Gasteiger partial charge < -0.3 is 63.2 Å². The second kappa shape index (κ2) is 26.2. The van der Waals surface area contributed by atoms with Crippen molar-refractivity contribution in [2.45, 2.75) is 149 Å². The Morgan fingerprint density at radius 3 is 1.65 bits per heavy atom. The molecule has 12 N–H and O–H groups in total. The molecule has 0 radical (unpaired) electrons. The average Bonchev–Trinajstić information content (AvgIpc) is 3.66. The van der Waals surface area contributed by atoms with Gasteiger partial charge >= 0.3 is 11.9 Å². The number of nitrogens with zero attached hydrogens (tertiary/aromatic N) is 1. The standard InChI is InChI=1S/C40H69N9O13/c1-19(2)13-25(34(55)42-17-30(51)44-27(40(61)62)15-21(5)6)45-36(57)28(18-50)47-35(56)26(14-20(3)4)46-37(58)29-11-10-12-49(29)39(60)23(9)43-38(59)32(22(7)8)48-33(54)24(41)16-31(52)53/h19-29,32,50H,10-18,41H2,1-9H3,(H,42,55)(H,43,59)(H,44,51)(H,45,57)(H,46,58)(H,47,56)(H,48,54)(H,52,53)(H,61,62)/t23-,24-,25-,26-,27-,28-,29-,32-/m0/s1. The van der Waals surface area contributed by atoms with Crippen LogP contribution in [0.3, 0.4) is 0 Å². The summed E-state index contributed by atoms with van der Waals surface area (Å²) in [6.45, 7) is 14.0. The first-order chi connectivity index (χ1) is 28.8. The Hall–Kier alpha value is -5.38. The minimum absolute atomic E-state index is 0.0330. The lowest BCUT2D eigenvalue weighted by molar-refractivity contribution is -0.142. The van der Waals surface area contributed by atoms with Crippen molar-refractivity contribution in [3.8, 4) is 0 Å². The third-order valence-electron chi connectivity index (χ3n) is 9.81. The molecule has 8 amide bonds. The zero-order chi connectivity index (χ0) is 47.6. The molecule has 1 saturated heterocycles. The number of aliphatic hydroxyl groups is 1. The zero-order valence-corrected chi connectivity index (χ0v) is 37.2. The molecule has 8 atom stereocenters. The number of nitrogens with two attached hydrogens (primary N) is 1. The van der Waals surface area contributed by atoms with E-state index in [-0.39, 0.29) is 50.0 Å². The van der Waals surface area contributed by atoms with Crippen molar-refractivity contribution < 1.29 is 63.3 Å². The van der Waals surface area contributed by atoms with Crippen molar-refractivity contribution >= 4 is 59.2 Å². The Labute approximate surface area is 362 Å². The number of carbonyl (C=O) groups excluding carboxylic acids is 8. The van der Waals surface area contributed by atoms with Crippen molar-refractivity contribution in [2.24, 2.45) is 29.4 Å². The molecule has 0 aliphatic carbocycles. The summed E-state index contributed by atoms with van der Waals surface area (Å²) in [7, 11) is 0. The molecule has 0 aromatic heterocycles. The van der Waals surface area contributed by atoms with Crippen molar-refractivity contribution in [3.05, 3.63) is 0 Å². The Balaban J connectivity index is 3.05. The minimum Gasteiger partial charge on any atom is -0.481 e. The molecule has 0 aromatic carbocycles. The van der Waals surface area contributed by atoms with Crippen molar-refractivity contribution in [1.82, 2.24) is 42.1 Å². The highest BCUT2D eigenvalue weighted by Gasteiger charge is 2.39. The Kier molecular flexibility index (Phi) is 23.1. The number of aliphatic carboxylic acids is 2. The molecular formula is C40H69N9O13. The van der Waals surface area contributed by atoms with Crippen LogP contribution in [0.5, 0.6) is 0 Å². The van der Waals surface area contributed by atoms with Gasteiger partial charge in [-0.25, -0.2) is 4.79 Å². The zero-order valence-electron chi connectivity index (χ0n) is 37.2. The van der Waals surface area contributed by atoms with Crippen LogP contribution in [0.15, 0.2) is 0 Å². The molecule has 0 bridgehead atoms. The van der Waals surface area contributed by atoms with Gasteiger partial charge in [0.15, 0.2) is 0 Å². The first-order valence-electron chi connectivity index (χ1n) is 21.0. The molecule has 1 heterocycles. The minimum atomic E-state index is -1.58. The number of carboxylic acid groups (broad SMARTS) is 2. The third-order valence-corrected chi connectivity index (χ3v) is 9.81. The number of likely N-dealkylation sites (tertiary alicyclic amines) is 1. The van der Waals surface area contributed by atoms with E-state index in [4.69, 9.17) is 10.8 Å². The number of carboxylic acids is 2. The molecule has 0 spiro atoms. The molecule has 352 valence electrons. The predicted octanol–water partition coefficient (Wildman–Crippen LogP) is -2.30. The van der Waals surface area contributed by atoms with Crippen LogP contribution in [0.1, 0.15) is 101 Å². The van der Waals surface area contributed by atoms with Gasteiger partial charge in [0.05, 0.1) is 25.6 Å². The molecule has 22 nitrogen and oxygen atoms in total. The summed E-state index contributed by atoms with van der Waals surface area (Å²) in [5.41, 5.74) is 5.64. The summed E-state index contributed by atoms with van der Waals surface area (Å²) in [6.07, 6.45) is 0.327. The van der Waals surface area contributed by atoms with Crippen LogP contribution < -0.4 is 43.0 Å². The summed E-state index contributed by atoms with van der Waals surface area (Å²) in [5, 5.41) is 45.8. The van der Waals surface area contributed by atoms with Crippen LogP contribution in [0.25, 0.3) is 0 Å². The maximum Gasteiger partial charge on any atom is 0.326 e. The molecule has 1 fully saturated rings. The molecule has 1 aliphatic rings. The van der Waals surface area contributed by atoms with Crippen molar-refractivity contribution in [3.63, 3.8) is 0 Å². The van der Waals surface area contributed by atoms with Gasteiger partial charge in [0.2, 0.25) is 47.3 Å². The van der Waals surface area contributed by atoms with E-state index in [1.165, 1.54) is 11.8 Å². The molecule has 22 heteroatoms. The van der Waals surface area contributed by atoms with Gasteiger partial charge in [-0.2, -0.15) is 0 Å². The second-order valence-corrected chi connectivity index (χ2v) is 17.3. The molecule has 62 heavy (non-hydrogen) atoms. The van der Waals surface area contributed by atoms with Crippen LogP contribution in [-0.4, -0.2) is 147 Å². The lowest BCUT2D eigenvalue weighted by atomic mass is 10.0. The summed E-state index contributed by atoms with van der Waals surface area (Å²) in [6, 6.07) is -9.98. The molecule has 1 rings (SSSR count). The molecule has 0 unspecified atom stereocenters. The fourth-order valence-corrected chi connectivity index (χ4v) is 6.63. The van der Waals surface area contributed by atoms with Crippen molar-refractivity contribution in [2.75, 3.05) is 19.7 Å². The lowest BCUT2D eigenvalue weighted by Crippen LogP contribution is -2.60. The highest BCUT2D eigenvalue weighted by Crippen LogP contribution is 2.20. The van der Waals surface area contributed by atoms with E-state index in [2.05, 4.69) is 37.2 Å². The van der Waals surface area contributed by atoms with Gasteiger partial charge in [0.1, 0.15) is 42.3 Å². The first-order valence-corrected chi connectivity index (χ1v) is 21.0. The smallest absolute Gasteiger partial charge is 0.326 e. The maximum atomic E-state index is 13.7. The maximum absolute atomic E-state index is 13.7. The quantitative estimate of drug-likeness (QED) is 0.0435. The van der Waals surface area contributed by atoms with E-state index in [9.17, 15) is 58.2 Å². The Morgan fingerprint density at radius 2 is 1.15 bits per heavy atom. The highest BCUT2D eigenvalue weighted by molar-refractivity contribution is 5.98. The molecule has 1 aliphatic heterocycles. The van der Waals surface area contributed by atoms with Gasteiger partial charge in [0, 0.05) is 6.54 Å². The number of hydrogen-bond donors (Lipinski definition) is 11. The second-order valence-electron chi connectivity index (χ2n) is 17.3. The summed E-state index contributed by atoms with van der Waals surface area (Å²) < 4.78 is 0. The largest absolute Gasteiger partial charge is 0.481 e. The van der Waals surface area contributed by atoms with Crippen LogP contribution in [-0.2, 0) is 47.9 Å². The topological polar surface area (TPSA) is 345 Å². The first kappa shape index (κ1) is 54.6. The fraction of sp³-hybridized carbons (Fsp3) is 0.750. The number of aliphatic hydroxyl groups excluding tert-OH is 1. The van der Waals surface area contributed by atoms with Crippen LogP contribution in [0.4, 0.5) is 0 Å². The molecule has 0 saturated carbocycles. The van der Waals surface area contributed by atoms with Crippen LogP contribution in [0, 0.1) is 23.7 Å². The van der Waals surface area contributed by atoms with Gasteiger partial charge in [-0.15, -0.1) is 0 Å². The predicted molar refractivity (Wildman–Crippen MR) is 223 cm³/mol. The summed E-state index contributed by atoms with van der Waals surface area (Å²) >= 11 is 0. The lowest BCUT2D eigenvalue weighted by Gasteiger charge is -2.30. The highest BCUT2D eigenvalue weighted by atomic mass is 16.4. The molecule has 0 aromatic rings. The van der Waals surface area contributed by atoms with E-state index in [0.717, 1.165) is 0 Å². The Morgan fingerprint density at radius 1 is 0.629 bits per heavy atom. The van der Waals surface area contributed by atoms with Crippen LogP contribution in [0.2, 0.25) is 0 Å². The van der Waals surface area contributed by atoms with Crippen LogP contribution >= 0.6 is 0 Å². The van der Waals surface area contributed by atoms with E-state index in [0.29, 0.717) is 6.42 Å². The number of hydrogen-bond acceptors (Lipinski definition) is 12. The van der Waals surface area contributed by atoms with E-state index in [1.54, 1.807) is 55.4 Å². The number of carbonyl (C=O) groups is 10. The Bertz CT molecular complexity index is 1610. The van der Waals surface area contributed by atoms with Crippen molar-refractivity contribution in [1.29, 1.82) is 0 Å². The monoisotopic (exact) mass is 884 g/mol. The number of nitrogens with one attached hydrogen (secondary N) is 7. The summed E-state index contributed by atoms with van der Waals surface area (Å²) in [5.74, 6) is -9.55. The van der Waals surface area contributed by atoms with Gasteiger partial charge in [-0.05, 0) is 62.7 Å². The fourth-order valence-electron chi connectivity index (χ4n) is 6.63. The molecular weight excluding hydrogens is 814 g/mol. The summed E-state index contributed by atoms with van der Waals surface area (Å²) in [4.78, 5) is 129. The van der Waals surface area contributed by atoms with Gasteiger partial charge in [-0.3, -0.25) is 43.2 Å².